The number of carbonyl (C=O) groups is 1. The highest BCUT2D eigenvalue weighted by Gasteiger charge is 2.19. The molecule has 182 valence electrons. The van der Waals surface area contributed by atoms with E-state index in [9.17, 15) is 22.0 Å². The maximum atomic E-state index is 14.5. The van der Waals surface area contributed by atoms with Crippen molar-refractivity contribution in [3.63, 3.8) is 0 Å². The quantitative estimate of drug-likeness (QED) is 0.231. The molecule has 0 heterocycles. The smallest absolute Gasteiger partial charge is 0.407 e. The summed E-state index contributed by atoms with van der Waals surface area (Å²) in [7, 11) is -4.13. The Hall–Kier alpha value is -1.90. The Morgan fingerprint density at radius 3 is 2.42 bits per heavy atom. The molecule has 0 bridgehead atoms. The molecular weight excluding hydrogens is 593 g/mol. The maximum absolute atomic E-state index is 14.5. The first-order chi connectivity index (χ1) is 15.3. The summed E-state index contributed by atoms with van der Waals surface area (Å²) in [6.45, 7) is 5.31. The van der Waals surface area contributed by atoms with E-state index in [1.54, 1.807) is 39.0 Å². The van der Waals surface area contributed by atoms with Gasteiger partial charge in [0, 0.05) is 16.7 Å². The molecule has 1 amide bonds. The van der Waals surface area contributed by atoms with E-state index < -0.39 is 39.2 Å². The van der Waals surface area contributed by atoms with Crippen LogP contribution in [0.25, 0.3) is 0 Å². The molecular formula is C20H24ClF2IN4O4S. The first-order valence-corrected chi connectivity index (χ1v) is 12.7. The Bertz CT molecular complexity index is 1110. The average Bonchev–Trinajstić information content (AvgIpc) is 2.67. The van der Waals surface area contributed by atoms with Crippen LogP contribution in [0, 0.1) is 15.2 Å². The van der Waals surface area contributed by atoms with Crippen LogP contribution in [-0.4, -0.2) is 33.2 Å². The third kappa shape index (κ3) is 9.10. The molecule has 0 aromatic heterocycles. The van der Waals surface area contributed by atoms with Gasteiger partial charge in [-0.3, -0.25) is 4.72 Å². The van der Waals surface area contributed by atoms with E-state index in [4.69, 9.17) is 16.3 Å². The van der Waals surface area contributed by atoms with Crippen LogP contribution in [0.5, 0.6) is 0 Å². The molecule has 0 fully saturated rings. The van der Waals surface area contributed by atoms with Crippen LogP contribution in [0.15, 0.2) is 30.3 Å². The van der Waals surface area contributed by atoms with E-state index in [0.717, 1.165) is 15.7 Å². The number of hydrogen-bond donors (Lipinski definition) is 4. The predicted octanol–water partition coefficient (Wildman–Crippen LogP) is 5.13. The summed E-state index contributed by atoms with van der Waals surface area (Å²) >= 11 is 8.18. The fourth-order valence-electron chi connectivity index (χ4n) is 2.46. The van der Waals surface area contributed by atoms with Gasteiger partial charge in [-0.25, -0.2) is 13.6 Å². The van der Waals surface area contributed by atoms with Crippen LogP contribution >= 0.6 is 34.2 Å². The summed E-state index contributed by atoms with van der Waals surface area (Å²) in [5, 5.41) is 5.39. The van der Waals surface area contributed by atoms with Crippen molar-refractivity contribution in [1.82, 2.24) is 10.0 Å². The fraction of sp³-hybridized carbons (Fsp3) is 0.350. The number of hydrogen-bond acceptors (Lipinski definition) is 5. The fourth-order valence-corrected chi connectivity index (χ4v) is 4.31. The molecule has 2 aromatic carbocycles. The number of nitrogens with one attached hydrogen (secondary N) is 4. The van der Waals surface area contributed by atoms with Gasteiger partial charge in [-0.1, -0.05) is 11.6 Å². The lowest BCUT2D eigenvalue weighted by molar-refractivity contribution is 0.0527. The number of benzene rings is 2. The lowest BCUT2D eigenvalue weighted by Gasteiger charge is -2.19. The average molecular weight is 617 g/mol. The number of halogens is 4. The van der Waals surface area contributed by atoms with Crippen LogP contribution in [0.3, 0.4) is 0 Å². The second-order valence-corrected chi connectivity index (χ2v) is 11.0. The second kappa shape index (κ2) is 11.5. The molecule has 0 aliphatic heterocycles. The van der Waals surface area contributed by atoms with Crippen molar-refractivity contribution in [2.45, 2.75) is 32.8 Å². The third-order valence-electron chi connectivity index (χ3n) is 3.84. The van der Waals surface area contributed by atoms with Gasteiger partial charge < -0.3 is 15.4 Å². The maximum Gasteiger partial charge on any atom is 0.407 e. The van der Waals surface area contributed by atoms with Crippen LogP contribution in [0.2, 0.25) is 5.02 Å². The normalized spacial score (nSPS) is 11.7. The Labute approximate surface area is 210 Å². The van der Waals surface area contributed by atoms with E-state index in [1.807, 2.05) is 22.6 Å². The molecule has 33 heavy (non-hydrogen) atoms. The molecule has 0 spiro atoms. The van der Waals surface area contributed by atoms with Gasteiger partial charge >= 0.3 is 6.09 Å². The zero-order chi connectivity index (χ0) is 24.8. The van der Waals surface area contributed by atoms with E-state index in [2.05, 4.69) is 20.1 Å². The summed E-state index contributed by atoms with van der Waals surface area (Å²) < 4.78 is 63.5. The van der Waals surface area contributed by atoms with Crippen molar-refractivity contribution in [3.05, 3.63) is 50.6 Å². The minimum atomic E-state index is -4.13. The molecule has 8 nitrogen and oxygen atoms in total. The Kier molecular flexibility index (Phi) is 9.52. The largest absolute Gasteiger partial charge is 0.444 e. The molecule has 4 N–H and O–H groups in total. The first-order valence-electron chi connectivity index (χ1n) is 9.72. The molecule has 0 aliphatic carbocycles. The lowest BCUT2D eigenvalue weighted by Crippen LogP contribution is -2.35. The highest BCUT2D eigenvalue weighted by molar-refractivity contribution is 14.1. The minimum Gasteiger partial charge on any atom is -0.444 e. The van der Waals surface area contributed by atoms with E-state index in [1.165, 1.54) is 0 Å². The van der Waals surface area contributed by atoms with Crippen molar-refractivity contribution < 1.29 is 26.7 Å². The van der Waals surface area contributed by atoms with Gasteiger partial charge in [0.1, 0.15) is 11.3 Å². The third-order valence-corrected chi connectivity index (χ3v) is 5.90. The zero-order valence-corrected chi connectivity index (χ0v) is 21.8. The van der Waals surface area contributed by atoms with Crippen molar-refractivity contribution in [1.29, 1.82) is 0 Å². The Morgan fingerprint density at radius 2 is 1.79 bits per heavy atom. The number of rotatable bonds is 9. The van der Waals surface area contributed by atoms with Crippen molar-refractivity contribution >= 4 is 67.6 Å². The van der Waals surface area contributed by atoms with Crippen LogP contribution in [0.4, 0.5) is 30.6 Å². The van der Waals surface area contributed by atoms with Crippen LogP contribution in [-0.2, 0) is 14.9 Å². The SMILES string of the molecule is CC(C)(C)OC(=O)NCCCNS(=O)(=O)Nc1ccc(F)c(F)c1Nc1ccc(I)cc1Cl. The highest BCUT2D eigenvalue weighted by Crippen LogP contribution is 2.34. The Morgan fingerprint density at radius 1 is 1.12 bits per heavy atom. The molecule has 0 atom stereocenters. The van der Waals surface area contributed by atoms with E-state index in [0.29, 0.717) is 0 Å². The van der Waals surface area contributed by atoms with Crippen LogP contribution in [0.1, 0.15) is 27.2 Å². The van der Waals surface area contributed by atoms with Gasteiger partial charge in [-0.15, -0.1) is 0 Å². The number of ether oxygens (including phenoxy) is 1. The van der Waals surface area contributed by atoms with Gasteiger partial charge in [0.2, 0.25) is 0 Å². The molecule has 0 saturated heterocycles. The van der Waals surface area contributed by atoms with E-state index >= 15 is 0 Å². The molecule has 0 unspecified atom stereocenters. The van der Waals surface area contributed by atoms with Crippen molar-refractivity contribution in [3.8, 4) is 0 Å². The highest BCUT2D eigenvalue weighted by atomic mass is 127. The van der Waals surface area contributed by atoms with Crippen LogP contribution < -0.4 is 20.1 Å². The van der Waals surface area contributed by atoms with Gasteiger partial charge in [0.05, 0.1) is 16.4 Å². The molecule has 13 heteroatoms. The monoisotopic (exact) mass is 616 g/mol. The van der Waals surface area contributed by atoms with Gasteiger partial charge in [-0.05, 0) is 80.1 Å². The number of carbonyl (C=O) groups excluding carboxylic acids is 1. The zero-order valence-electron chi connectivity index (χ0n) is 18.1. The summed E-state index contributed by atoms with van der Waals surface area (Å²) in [4.78, 5) is 11.6. The lowest BCUT2D eigenvalue weighted by atomic mass is 10.2. The molecule has 2 rings (SSSR count). The number of amides is 1. The summed E-state index contributed by atoms with van der Waals surface area (Å²) in [6, 6.07) is 6.76. The van der Waals surface area contributed by atoms with Crippen molar-refractivity contribution in [2.75, 3.05) is 23.1 Å². The van der Waals surface area contributed by atoms with Gasteiger partial charge in [-0.2, -0.15) is 13.1 Å². The standard InChI is InChI=1S/C20H24ClF2IN4O4S/c1-20(2,3)32-19(29)25-9-4-10-26-33(30,31)28-16-8-6-14(22)17(23)18(16)27-15-7-5-12(24)11-13(15)21/h5-8,11,26-28H,4,9-10H2,1-3H3,(H,25,29). The predicted molar refractivity (Wildman–Crippen MR) is 133 cm³/mol. The van der Waals surface area contributed by atoms with Gasteiger partial charge in [0.15, 0.2) is 11.6 Å². The molecule has 0 aliphatic rings. The Balaban J connectivity index is 2.02. The van der Waals surface area contributed by atoms with E-state index in [-0.39, 0.29) is 35.9 Å². The molecule has 2 aromatic rings. The molecule has 0 saturated carbocycles. The summed E-state index contributed by atoms with van der Waals surface area (Å²) in [5.41, 5.74) is -1.02. The summed E-state index contributed by atoms with van der Waals surface area (Å²) in [5.74, 6) is -2.44. The van der Waals surface area contributed by atoms with Gasteiger partial charge in [0.25, 0.3) is 10.2 Å². The summed E-state index contributed by atoms with van der Waals surface area (Å²) in [6.07, 6.45) is -0.350. The number of anilines is 3. The minimum absolute atomic E-state index is 0.0273. The topological polar surface area (TPSA) is 109 Å². The second-order valence-electron chi connectivity index (χ2n) is 7.82. The molecule has 0 radical (unpaired) electrons. The van der Waals surface area contributed by atoms with Crippen molar-refractivity contribution in [2.24, 2.45) is 0 Å². The first kappa shape index (κ1) is 27.3. The number of alkyl carbamates (subject to hydrolysis) is 1.